The minimum atomic E-state index is 0.359. The first-order chi connectivity index (χ1) is 19.8. The molecule has 0 bridgehead atoms. The third-order valence-electron chi connectivity index (χ3n) is 11.1. The normalized spacial score (nSPS) is 25.1. The van der Waals surface area contributed by atoms with Gasteiger partial charge in [-0.25, -0.2) is 0 Å². The number of rotatable bonds is 0. The van der Waals surface area contributed by atoms with E-state index in [1.54, 1.807) is 33.4 Å². The third kappa shape index (κ3) is 8.66. The third-order valence-corrected chi connectivity index (χ3v) is 11.1. The smallest absolute Gasteiger partial charge is 0.0132 e. The highest BCUT2D eigenvalue weighted by molar-refractivity contribution is 5.43. The Bertz CT molecular complexity index is 1080. The van der Waals surface area contributed by atoms with E-state index < -0.39 is 0 Å². The van der Waals surface area contributed by atoms with Crippen molar-refractivity contribution in [1.29, 1.82) is 0 Å². The van der Waals surface area contributed by atoms with Gasteiger partial charge in [0.2, 0.25) is 0 Å². The van der Waals surface area contributed by atoms with Crippen molar-refractivity contribution in [3.63, 3.8) is 0 Å². The molecule has 0 amide bonds. The molecule has 0 spiro atoms. The monoisotopic (exact) mass is 573 g/mol. The first-order valence-corrected chi connectivity index (χ1v) is 18.3. The van der Waals surface area contributed by atoms with Crippen molar-refractivity contribution in [3.05, 3.63) is 56.7 Å². The van der Waals surface area contributed by atoms with Crippen LogP contribution in [0.15, 0.2) is 56.7 Å². The van der Waals surface area contributed by atoms with Crippen LogP contribution in [0.25, 0.3) is 0 Å². The highest BCUT2D eigenvalue weighted by Gasteiger charge is 2.33. The van der Waals surface area contributed by atoms with Gasteiger partial charge in [-0.1, -0.05) is 96.8 Å². The lowest BCUT2D eigenvalue weighted by Crippen LogP contribution is -2.27. The van der Waals surface area contributed by atoms with Gasteiger partial charge in [0.1, 0.15) is 0 Å². The summed E-state index contributed by atoms with van der Waals surface area (Å²) in [6, 6.07) is 0. The van der Waals surface area contributed by atoms with Crippen LogP contribution in [0.2, 0.25) is 0 Å². The van der Waals surface area contributed by atoms with E-state index >= 15 is 0 Å². The van der Waals surface area contributed by atoms with Crippen molar-refractivity contribution < 1.29 is 0 Å². The minimum Gasteiger partial charge on any atom is -0.0807 e. The summed E-state index contributed by atoms with van der Waals surface area (Å²) in [7, 11) is 0. The van der Waals surface area contributed by atoms with Gasteiger partial charge in [0.05, 0.1) is 0 Å². The number of fused-ring (bicyclic) bond motifs is 1. The lowest BCUT2D eigenvalue weighted by molar-refractivity contribution is 0.237. The van der Waals surface area contributed by atoms with Gasteiger partial charge in [-0.05, 0) is 166 Å². The van der Waals surface area contributed by atoms with Gasteiger partial charge in [-0.3, -0.25) is 0 Å². The first-order valence-electron chi connectivity index (χ1n) is 18.3. The topological polar surface area (TPSA) is 0 Å². The maximum atomic E-state index is 2.49. The van der Waals surface area contributed by atoms with Crippen molar-refractivity contribution in [2.45, 2.75) is 184 Å². The van der Waals surface area contributed by atoms with Crippen molar-refractivity contribution in [1.82, 2.24) is 0 Å². The number of hydrogen-bond acceptors (Lipinski definition) is 0. The standard InChI is InChI=1S/C14H24.2C14H22/c3*1-14(2,3)13-10-6-8-11-7-4-5-9-12(11)13/h13H,4-10H2,1-3H3;10H,4-9H2,1-3H3;8H,4-7,9-10H2,1-3H3. The molecule has 0 radical (unpaired) electrons. The van der Waals surface area contributed by atoms with E-state index in [0.29, 0.717) is 16.2 Å². The van der Waals surface area contributed by atoms with Crippen LogP contribution in [0.4, 0.5) is 0 Å². The molecule has 6 aliphatic carbocycles. The van der Waals surface area contributed by atoms with Crippen molar-refractivity contribution in [2.24, 2.45) is 22.2 Å². The Hall–Kier alpha value is -1.30. The lowest BCUT2D eigenvalue weighted by atomic mass is 9.66. The largest absolute Gasteiger partial charge is 0.0807 e. The zero-order valence-corrected chi connectivity index (χ0v) is 29.7. The Kier molecular flexibility index (Phi) is 11.4. The molecule has 1 saturated carbocycles. The summed E-state index contributed by atoms with van der Waals surface area (Å²) < 4.78 is 0. The maximum absolute atomic E-state index is 2.49. The maximum Gasteiger partial charge on any atom is -0.0132 e. The molecule has 236 valence electrons. The van der Waals surface area contributed by atoms with Crippen LogP contribution in [0.5, 0.6) is 0 Å². The average molecular weight is 573 g/mol. The fourth-order valence-electron chi connectivity index (χ4n) is 9.06. The molecule has 0 aromatic carbocycles. The molecule has 0 aromatic heterocycles. The molecule has 0 saturated heterocycles. The Labute approximate surface area is 262 Å². The summed E-state index contributed by atoms with van der Waals surface area (Å²) in [5.41, 5.74) is 15.3. The summed E-state index contributed by atoms with van der Waals surface area (Å²) in [5.74, 6) is 0.895. The van der Waals surface area contributed by atoms with Crippen LogP contribution in [0.3, 0.4) is 0 Å². The molecule has 1 fully saturated rings. The molecule has 1 atom stereocenters. The molecule has 6 aliphatic rings. The fraction of sp³-hybridized carbons (Fsp3) is 0.762. The molecule has 0 aliphatic heterocycles. The Balaban J connectivity index is 0.000000145. The van der Waals surface area contributed by atoms with Crippen LogP contribution >= 0.6 is 0 Å². The molecule has 0 N–H and O–H groups in total. The molecular weight excluding hydrogens is 504 g/mol. The van der Waals surface area contributed by atoms with Crippen LogP contribution in [-0.4, -0.2) is 0 Å². The van der Waals surface area contributed by atoms with Crippen molar-refractivity contribution in [3.8, 4) is 0 Å². The summed E-state index contributed by atoms with van der Waals surface area (Å²) >= 11 is 0. The number of allylic oxidation sites excluding steroid dienone is 10. The average Bonchev–Trinajstić information content (AvgIpc) is 2.95. The zero-order chi connectivity index (χ0) is 30.5. The van der Waals surface area contributed by atoms with Crippen molar-refractivity contribution >= 4 is 0 Å². The molecule has 0 heteroatoms. The van der Waals surface area contributed by atoms with Gasteiger partial charge >= 0.3 is 0 Å². The Morgan fingerprint density at radius 2 is 1.07 bits per heavy atom. The summed E-state index contributed by atoms with van der Waals surface area (Å²) in [6.45, 7) is 21.4. The predicted molar refractivity (Wildman–Crippen MR) is 187 cm³/mol. The molecule has 0 aromatic rings. The van der Waals surface area contributed by atoms with Gasteiger partial charge in [0.25, 0.3) is 0 Å². The molecular formula is C42H68. The van der Waals surface area contributed by atoms with Gasteiger partial charge in [0, 0.05) is 0 Å². The SMILES string of the molecule is CC(C)(C)C1=C2CCCCC2=CCC1.CC(C)(C)C1=CCCC2=C1CCCC2.CC(C)(C)C1CCCC2=C1CCCC2. The van der Waals surface area contributed by atoms with E-state index in [1.807, 2.05) is 11.1 Å². The van der Waals surface area contributed by atoms with Gasteiger partial charge < -0.3 is 0 Å². The van der Waals surface area contributed by atoms with E-state index in [-0.39, 0.29) is 0 Å². The summed E-state index contributed by atoms with van der Waals surface area (Å²) in [6.07, 6.45) is 31.3. The second-order valence-corrected chi connectivity index (χ2v) is 17.5. The molecule has 0 nitrogen and oxygen atoms in total. The van der Waals surface area contributed by atoms with E-state index in [2.05, 4.69) is 74.5 Å². The Morgan fingerprint density at radius 1 is 0.500 bits per heavy atom. The first kappa shape index (κ1) is 33.6. The van der Waals surface area contributed by atoms with Gasteiger partial charge in [-0.15, -0.1) is 0 Å². The summed E-state index contributed by atoms with van der Waals surface area (Å²) in [5, 5.41) is 0. The zero-order valence-electron chi connectivity index (χ0n) is 29.7. The second-order valence-electron chi connectivity index (χ2n) is 17.5. The molecule has 42 heavy (non-hydrogen) atoms. The van der Waals surface area contributed by atoms with E-state index in [1.165, 1.54) is 122 Å². The fourth-order valence-corrected chi connectivity index (χ4v) is 9.06. The summed E-state index contributed by atoms with van der Waals surface area (Å²) in [4.78, 5) is 0. The van der Waals surface area contributed by atoms with E-state index in [0.717, 1.165) is 5.92 Å². The van der Waals surface area contributed by atoms with Crippen LogP contribution < -0.4 is 0 Å². The highest BCUT2D eigenvalue weighted by atomic mass is 14.4. The van der Waals surface area contributed by atoms with Crippen LogP contribution in [-0.2, 0) is 0 Å². The van der Waals surface area contributed by atoms with Crippen LogP contribution in [0.1, 0.15) is 184 Å². The lowest BCUT2D eigenvalue weighted by Gasteiger charge is -2.39. The molecule has 0 heterocycles. The van der Waals surface area contributed by atoms with Crippen LogP contribution in [0, 0.1) is 22.2 Å². The number of hydrogen-bond donors (Lipinski definition) is 0. The Morgan fingerprint density at radius 3 is 1.74 bits per heavy atom. The highest BCUT2D eigenvalue weighted by Crippen LogP contribution is 2.47. The van der Waals surface area contributed by atoms with Gasteiger partial charge in [0.15, 0.2) is 0 Å². The van der Waals surface area contributed by atoms with E-state index in [9.17, 15) is 0 Å². The van der Waals surface area contributed by atoms with Crippen molar-refractivity contribution in [2.75, 3.05) is 0 Å². The predicted octanol–water partition coefficient (Wildman–Crippen LogP) is 13.9. The minimum absolute atomic E-state index is 0.359. The second kappa shape index (κ2) is 14.2. The van der Waals surface area contributed by atoms with Gasteiger partial charge in [-0.2, -0.15) is 0 Å². The molecule has 6 rings (SSSR count). The molecule has 1 unspecified atom stereocenters. The van der Waals surface area contributed by atoms with E-state index in [4.69, 9.17) is 0 Å². The quantitative estimate of drug-likeness (QED) is 0.253.